The molecule has 2 heterocycles. The number of nitrogens with one attached hydrogen (secondary N) is 1. The van der Waals surface area contributed by atoms with Gasteiger partial charge in [0.2, 0.25) is 0 Å². The largest absolute Gasteiger partial charge is 0.370 e. The molecule has 5 nitrogen and oxygen atoms in total. The number of urea groups is 1. The molecule has 0 saturated carbocycles. The average molecular weight is 269 g/mol. The molecular formula is C12H17ClN4O. The van der Waals surface area contributed by atoms with Crippen LogP contribution in [0.1, 0.15) is 12.6 Å². The van der Waals surface area contributed by atoms with Gasteiger partial charge in [0.05, 0.1) is 17.3 Å². The molecule has 18 heavy (non-hydrogen) atoms. The monoisotopic (exact) mass is 268 g/mol. The van der Waals surface area contributed by atoms with Crippen LogP contribution in [0.25, 0.3) is 0 Å². The topological polar surface area (TPSA) is 48.5 Å². The van der Waals surface area contributed by atoms with Gasteiger partial charge in [-0.15, -0.1) is 0 Å². The Morgan fingerprint density at radius 2 is 2.22 bits per heavy atom. The maximum Gasteiger partial charge on any atom is 0.320 e. The summed E-state index contributed by atoms with van der Waals surface area (Å²) in [6, 6.07) is 3.68. The molecule has 0 atom stereocenters. The van der Waals surface area contributed by atoms with Crippen LogP contribution in [-0.4, -0.2) is 47.5 Å². The summed E-state index contributed by atoms with van der Waals surface area (Å²) in [6.07, 6.45) is 0. The number of pyridine rings is 1. The molecule has 2 rings (SSSR count). The van der Waals surface area contributed by atoms with Gasteiger partial charge < -0.3 is 15.1 Å². The number of anilines is 1. The van der Waals surface area contributed by atoms with Crippen molar-refractivity contribution in [2.75, 3.05) is 32.0 Å². The van der Waals surface area contributed by atoms with Crippen LogP contribution in [0.4, 0.5) is 10.6 Å². The van der Waals surface area contributed by atoms with Gasteiger partial charge in [0.1, 0.15) is 5.82 Å². The first-order valence-corrected chi connectivity index (χ1v) is 6.39. The molecule has 1 aliphatic heterocycles. The van der Waals surface area contributed by atoms with Gasteiger partial charge in [0.25, 0.3) is 0 Å². The third-order valence-corrected chi connectivity index (χ3v) is 3.26. The van der Waals surface area contributed by atoms with E-state index in [0.717, 1.165) is 31.1 Å². The fourth-order valence-corrected chi connectivity index (χ4v) is 2.07. The van der Waals surface area contributed by atoms with Gasteiger partial charge in [-0.3, -0.25) is 0 Å². The van der Waals surface area contributed by atoms with E-state index in [1.54, 1.807) is 16.8 Å². The minimum Gasteiger partial charge on any atom is -0.370 e. The van der Waals surface area contributed by atoms with E-state index in [0.29, 0.717) is 11.6 Å². The van der Waals surface area contributed by atoms with Crippen LogP contribution < -0.4 is 5.32 Å². The standard InChI is InChI=1S/C12H17ClN4O/c1-3-14-11-5-4-9(13)10(15-11)8-17-7-6-16(2)12(17)18/h4-5H,3,6-8H2,1-2H3,(H,14,15). The van der Waals surface area contributed by atoms with E-state index in [1.807, 2.05) is 19.1 Å². The van der Waals surface area contributed by atoms with E-state index in [1.165, 1.54) is 0 Å². The predicted molar refractivity (Wildman–Crippen MR) is 71.8 cm³/mol. The summed E-state index contributed by atoms with van der Waals surface area (Å²) in [6.45, 7) is 4.75. The molecule has 1 aromatic heterocycles. The summed E-state index contributed by atoms with van der Waals surface area (Å²) in [7, 11) is 1.80. The number of halogens is 1. The lowest BCUT2D eigenvalue weighted by Crippen LogP contribution is -2.29. The fourth-order valence-electron chi connectivity index (χ4n) is 1.91. The van der Waals surface area contributed by atoms with Crippen molar-refractivity contribution in [2.24, 2.45) is 0 Å². The normalized spacial score (nSPS) is 15.4. The molecule has 1 fully saturated rings. The summed E-state index contributed by atoms with van der Waals surface area (Å²) < 4.78 is 0. The van der Waals surface area contributed by atoms with Crippen molar-refractivity contribution in [3.8, 4) is 0 Å². The molecule has 98 valence electrons. The number of amides is 2. The number of aromatic nitrogens is 1. The lowest BCUT2D eigenvalue weighted by molar-refractivity contribution is 0.196. The van der Waals surface area contributed by atoms with E-state index in [-0.39, 0.29) is 6.03 Å². The molecular weight excluding hydrogens is 252 g/mol. The van der Waals surface area contributed by atoms with Crippen LogP contribution in [0.2, 0.25) is 5.02 Å². The molecule has 0 unspecified atom stereocenters. The highest BCUT2D eigenvalue weighted by Gasteiger charge is 2.26. The highest BCUT2D eigenvalue weighted by atomic mass is 35.5. The Kier molecular flexibility index (Phi) is 3.91. The molecule has 6 heteroatoms. The second kappa shape index (κ2) is 5.44. The van der Waals surface area contributed by atoms with E-state index in [9.17, 15) is 4.79 Å². The van der Waals surface area contributed by atoms with Crippen molar-refractivity contribution in [1.29, 1.82) is 0 Å². The zero-order valence-corrected chi connectivity index (χ0v) is 11.4. The summed E-state index contributed by atoms with van der Waals surface area (Å²) >= 11 is 6.12. The summed E-state index contributed by atoms with van der Waals surface area (Å²) in [5.74, 6) is 0.789. The number of nitrogens with zero attached hydrogens (tertiary/aromatic N) is 3. The Hall–Kier alpha value is -1.49. The summed E-state index contributed by atoms with van der Waals surface area (Å²) in [5, 5.41) is 3.73. The Balaban J connectivity index is 2.13. The third kappa shape index (κ3) is 2.67. The molecule has 1 N–H and O–H groups in total. The molecule has 2 amide bonds. The fraction of sp³-hybridized carbons (Fsp3) is 0.500. The smallest absolute Gasteiger partial charge is 0.320 e. The van der Waals surface area contributed by atoms with Crippen LogP contribution in [0.15, 0.2) is 12.1 Å². The van der Waals surface area contributed by atoms with E-state index in [4.69, 9.17) is 11.6 Å². The number of hydrogen-bond donors (Lipinski definition) is 1. The van der Waals surface area contributed by atoms with Gasteiger partial charge in [-0.1, -0.05) is 11.6 Å². The van der Waals surface area contributed by atoms with Crippen LogP contribution in [0.5, 0.6) is 0 Å². The first kappa shape index (κ1) is 13.0. The lowest BCUT2D eigenvalue weighted by atomic mass is 10.3. The maximum atomic E-state index is 11.8. The van der Waals surface area contributed by atoms with Crippen molar-refractivity contribution in [1.82, 2.24) is 14.8 Å². The van der Waals surface area contributed by atoms with Gasteiger partial charge in [-0.2, -0.15) is 0 Å². The molecule has 0 aliphatic carbocycles. The second-order valence-electron chi connectivity index (χ2n) is 4.28. The minimum atomic E-state index is 0.0294. The molecule has 0 bridgehead atoms. The van der Waals surface area contributed by atoms with Crippen molar-refractivity contribution < 1.29 is 4.79 Å². The van der Waals surface area contributed by atoms with Crippen LogP contribution in [0, 0.1) is 0 Å². The molecule has 1 aromatic rings. The van der Waals surface area contributed by atoms with E-state index >= 15 is 0 Å². The Labute approximate surface area is 112 Å². The molecule has 1 saturated heterocycles. The van der Waals surface area contributed by atoms with Gasteiger partial charge in [-0.05, 0) is 19.1 Å². The quantitative estimate of drug-likeness (QED) is 0.909. The first-order chi connectivity index (χ1) is 8.61. The third-order valence-electron chi connectivity index (χ3n) is 2.92. The first-order valence-electron chi connectivity index (χ1n) is 6.01. The lowest BCUT2D eigenvalue weighted by Gasteiger charge is -2.16. The van der Waals surface area contributed by atoms with E-state index < -0.39 is 0 Å². The van der Waals surface area contributed by atoms with E-state index in [2.05, 4.69) is 10.3 Å². The van der Waals surface area contributed by atoms with Gasteiger partial charge in [0.15, 0.2) is 0 Å². The SMILES string of the molecule is CCNc1ccc(Cl)c(CN2CCN(C)C2=O)n1. The summed E-state index contributed by atoms with van der Waals surface area (Å²) in [5.41, 5.74) is 0.735. The molecule has 0 aromatic carbocycles. The number of hydrogen-bond acceptors (Lipinski definition) is 3. The predicted octanol–water partition coefficient (Wildman–Crippen LogP) is 2.03. The highest BCUT2D eigenvalue weighted by molar-refractivity contribution is 6.31. The zero-order valence-electron chi connectivity index (χ0n) is 10.6. The van der Waals surface area contributed by atoms with Gasteiger partial charge >= 0.3 is 6.03 Å². The number of carbonyl (C=O) groups excluding carboxylic acids is 1. The average Bonchev–Trinajstić information content (AvgIpc) is 2.66. The van der Waals surface area contributed by atoms with Gasteiger partial charge in [0, 0.05) is 26.7 Å². The molecule has 0 radical (unpaired) electrons. The van der Waals surface area contributed by atoms with Crippen molar-refractivity contribution in [3.05, 3.63) is 22.8 Å². The number of carbonyl (C=O) groups is 1. The zero-order chi connectivity index (χ0) is 13.1. The Morgan fingerprint density at radius 3 is 2.83 bits per heavy atom. The second-order valence-corrected chi connectivity index (χ2v) is 4.69. The highest BCUT2D eigenvalue weighted by Crippen LogP contribution is 2.20. The minimum absolute atomic E-state index is 0.0294. The van der Waals surface area contributed by atoms with Crippen LogP contribution >= 0.6 is 11.6 Å². The van der Waals surface area contributed by atoms with Crippen molar-refractivity contribution >= 4 is 23.4 Å². The molecule has 1 aliphatic rings. The van der Waals surface area contributed by atoms with Crippen molar-refractivity contribution in [2.45, 2.75) is 13.5 Å². The Bertz CT molecular complexity index is 452. The summed E-state index contributed by atoms with van der Waals surface area (Å²) in [4.78, 5) is 19.7. The van der Waals surface area contributed by atoms with Gasteiger partial charge in [-0.25, -0.2) is 9.78 Å². The molecule has 0 spiro atoms. The Morgan fingerprint density at radius 1 is 1.44 bits per heavy atom. The maximum absolute atomic E-state index is 11.8. The van der Waals surface area contributed by atoms with Crippen LogP contribution in [-0.2, 0) is 6.54 Å². The number of rotatable bonds is 4. The van der Waals surface area contributed by atoms with Crippen molar-refractivity contribution in [3.63, 3.8) is 0 Å². The van der Waals surface area contributed by atoms with Crippen LogP contribution in [0.3, 0.4) is 0 Å². The number of likely N-dealkylation sites (N-methyl/N-ethyl adjacent to an activating group) is 1.